The van der Waals surface area contributed by atoms with Crippen molar-refractivity contribution in [2.45, 2.75) is 309 Å². The molecule has 0 saturated heterocycles. The summed E-state index contributed by atoms with van der Waals surface area (Å²) in [5, 5.41) is 13.9. The summed E-state index contributed by atoms with van der Waals surface area (Å²) in [6, 6.07) is -0.847. The molecular weight excluding hydrogens is 864 g/mol. The van der Waals surface area contributed by atoms with Crippen molar-refractivity contribution >= 4 is 13.7 Å². The first-order valence-electron chi connectivity index (χ1n) is 29.7. The predicted octanol–water partition coefficient (Wildman–Crippen LogP) is 18.0. The van der Waals surface area contributed by atoms with Gasteiger partial charge in [-0.15, -0.1) is 0 Å². The molecule has 404 valence electrons. The monoisotopic (exact) mass is 982 g/mol. The van der Waals surface area contributed by atoms with Crippen molar-refractivity contribution < 1.29 is 32.9 Å². The lowest BCUT2D eigenvalue weighted by Gasteiger charge is -2.25. The van der Waals surface area contributed by atoms with E-state index in [1.807, 2.05) is 27.2 Å². The molecule has 68 heavy (non-hydrogen) atoms. The quantitative estimate of drug-likeness (QED) is 0.0243. The summed E-state index contributed by atoms with van der Waals surface area (Å²) in [4.78, 5) is 23.3. The fourth-order valence-electron chi connectivity index (χ4n) is 8.98. The van der Waals surface area contributed by atoms with E-state index in [9.17, 15) is 19.4 Å². The third-order valence-corrected chi connectivity index (χ3v) is 14.6. The summed E-state index contributed by atoms with van der Waals surface area (Å²) in [6.45, 7) is 4.85. The van der Waals surface area contributed by atoms with Gasteiger partial charge in [-0.1, -0.05) is 269 Å². The van der Waals surface area contributed by atoms with Gasteiger partial charge >= 0.3 is 7.82 Å². The highest BCUT2D eigenvalue weighted by Crippen LogP contribution is 2.43. The topological polar surface area (TPSA) is 105 Å². The SMILES string of the molecule is CCCCCCCC/C=C\CCCCCCCCCC(=O)NC(COP(=O)(O)OCC[N+](C)(C)C)C(O)/C=C/CCCCCCCCCCCCCCCCCCCCCCCCCCCCC. The molecule has 3 N–H and O–H groups in total. The molecule has 3 atom stereocenters. The second kappa shape index (κ2) is 50.9. The van der Waals surface area contributed by atoms with Crippen molar-refractivity contribution in [1.82, 2.24) is 5.32 Å². The van der Waals surface area contributed by atoms with Gasteiger partial charge in [-0.2, -0.15) is 0 Å². The molecule has 0 aromatic rings. The number of phosphoric acid groups is 1. The minimum Gasteiger partial charge on any atom is -0.387 e. The van der Waals surface area contributed by atoms with Crippen LogP contribution in [0.5, 0.6) is 0 Å². The molecule has 0 fully saturated rings. The molecule has 0 spiro atoms. The van der Waals surface area contributed by atoms with Crippen molar-refractivity contribution in [3.05, 3.63) is 24.3 Å². The van der Waals surface area contributed by atoms with Crippen molar-refractivity contribution in [2.24, 2.45) is 0 Å². The first-order chi connectivity index (χ1) is 33.0. The number of nitrogens with one attached hydrogen (secondary N) is 1. The standard InChI is InChI=1S/C59H117N2O6P/c1-6-8-10-12-14-16-18-20-22-24-25-26-27-28-29-30-31-32-33-34-35-37-38-40-42-44-46-48-50-52-58(62)57(56-67-68(64,65)66-55-54-61(3,4)5)60-59(63)53-51-49-47-45-43-41-39-36-23-21-19-17-15-13-11-9-7-2/h21,23,50,52,57-58,62H,6-20,22,24-49,51,53-56H2,1-5H3,(H-,60,63,64,65)/p+1/b23-21-,52-50+. The molecule has 8 nitrogen and oxygen atoms in total. The summed E-state index contributed by atoms with van der Waals surface area (Å²) in [5.41, 5.74) is 0. The van der Waals surface area contributed by atoms with E-state index in [1.54, 1.807) is 6.08 Å². The number of nitrogens with zero attached hydrogens (tertiary/aromatic N) is 1. The smallest absolute Gasteiger partial charge is 0.387 e. The molecule has 0 aromatic carbocycles. The Morgan fingerprint density at radius 2 is 0.794 bits per heavy atom. The third-order valence-electron chi connectivity index (χ3n) is 13.7. The lowest BCUT2D eigenvalue weighted by atomic mass is 10.0. The molecule has 0 aliphatic rings. The average Bonchev–Trinajstić information content (AvgIpc) is 3.30. The predicted molar refractivity (Wildman–Crippen MR) is 295 cm³/mol. The van der Waals surface area contributed by atoms with Gasteiger partial charge in [0.15, 0.2) is 0 Å². The van der Waals surface area contributed by atoms with Gasteiger partial charge in [-0.05, 0) is 44.9 Å². The zero-order chi connectivity index (χ0) is 49.9. The van der Waals surface area contributed by atoms with E-state index in [0.29, 0.717) is 17.4 Å². The van der Waals surface area contributed by atoms with Crippen molar-refractivity contribution in [3.63, 3.8) is 0 Å². The van der Waals surface area contributed by atoms with Crippen LogP contribution in [-0.4, -0.2) is 73.4 Å². The summed E-state index contributed by atoms with van der Waals surface area (Å²) in [5.74, 6) is -0.178. The largest absolute Gasteiger partial charge is 0.472 e. The van der Waals surface area contributed by atoms with Crippen LogP contribution in [0.3, 0.4) is 0 Å². The van der Waals surface area contributed by atoms with Crippen LogP contribution in [0.4, 0.5) is 0 Å². The van der Waals surface area contributed by atoms with Crippen molar-refractivity contribution in [2.75, 3.05) is 40.9 Å². The number of carbonyl (C=O) groups is 1. The second-order valence-corrected chi connectivity index (χ2v) is 23.2. The Hall–Kier alpha value is -1.02. The van der Waals surface area contributed by atoms with Gasteiger partial charge in [0.1, 0.15) is 13.2 Å². The van der Waals surface area contributed by atoms with E-state index >= 15 is 0 Å². The molecule has 0 radical (unpaired) electrons. The zero-order valence-corrected chi connectivity index (χ0v) is 47.0. The Labute approximate surface area is 424 Å². The zero-order valence-electron chi connectivity index (χ0n) is 46.1. The van der Waals surface area contributed by atoms with Crippen LogP contribution < -0.4 is 5.32 Å². The highest BCUT2D eigenvalue weighted by Gasteiger charge is 2.27. The molecular formula is C59H118N2O6P+. The van der Waals surface area contributed by atoms with Crippen LogP contribution in [0.1, 0.15) is 296 Å². The van der Waals surface area contributed by atoms with Crippen LogP contribution in [-0.2, 0) is 18.4 Å². The number of aliphatic hydroxyl groups excluding tert-OH is 1. The Bertz CT molecular complexity index is 1160. The van der Waals surface area contributed by atoms with Crippen molar-refractivity contribution in [3.8, 4) is 0 Å². The minimum atomic E-state index is -4.35. The summed E-state index contributed by atoms with van der Waals surface area (Å²) in [7, 11) is 1.58. The lowest BCUT2D eigenvalue weighted by Crippen LogP contribution is -2.45. The number of unbranched alkanes of at least 4 members (excludes halogenated alkanes) is 40. The van der Waals surface area contributed by atoms with E-state index in [1.165, 1.54) is 238 Å². The van der Waals surface area contributed by atoms with Crippen molar-refractivity contribution in [1.29, 1.82) is 0 Å². The fraction of sp³-hybridized carbons (Fsp3) is 0.915. The van der Waals surface area contributed by atoms with Crippen LogP contribution in [0.2, 0.25) is 0 Å². The number of amides is 1. The first kappa shape index (κ1) is 67.0. The first-order valence-corrected chi connectivity index (χ1v) is 31.2. The fourth-order valence-corrected chi connectivity index (χ4v) is 9.72. The van der Waals surface area contributed by atoms with Gasteiger partial charge in [0.25, 0.3) is 0 Å². The molecule has 9 heteroatoms. The summed E-state index contributed by atoms with van der Waals surface area (Å²) < 4.78 is 23.7. The molecule has 1 amide bonds. The molecule has 0 saturated carbocycles. The van der Waals surface area contributed by atoms with Crippen LogP contribution >= 0.6 is 7.82 Å². The van der Waals surface area contributed by atoms with E-state index in [0.717, 1.165) is 38.5 Å². The number of aliphatic hydroxyl groups is 1. The van der Waals surface area contributed by atoms with E-state index < -0.39 is 20.0 Å². The van der Waals surface area contributed by atoms with E-state index in [2.05, 4.69) is 31.3 Å². The van der Waals surface area contributed by atoms with Gasteiger partial charge in [0.05, 0.1) is 39.9 Å². The maximum absolute atomic E-state index is 13.0. The number of carbonyl (C=O) groups excluding carboxylic acids is 1. The van der Waals surface area contributed by atoms with Gasteiger partial charge in [0, 0.05) is 6.42 Å². The van der Waals surface area contributed by atoms with Crippen LogP contribution in [0.25, 0.3) is 0 Å². The molecule has 0 bridgehead atoms. The molecule has 0 aromatic heterocycles. The normalized spacial score (nSPS) is 14.0. The number of quaternary nitrogens is 1. The number of likely N-dealkylation sites (N-methyl/N-ethyl adjacent to an activating group) is 1. The highest BCUT2D eigenvalue weighted by atomic mass is 31.2. The maximum Gasteiger partial charge on any atom is 0.472 e. The van der Waals surface area contributed by atoms with Gasteiger partial charge in [-0.25, -0.2) is 4.57 Å². The molecule has 0 aliphatic heterocycles. The van der Waals surface area contributed by atoms with Gasteiger partial charge in [0.2, 0.25) is 5.91 Å². The molecule has 0 heterocycles. The van der Waals surface area contributed by atoms with Crippen LogP contribution in [0.15, 0.2) is 24.3 Å². The number of allylic oxidation sites excluding steroid dienone is 3. The van der Waals surface area contributed by atoms with Gasteiger partial charge < -0.3 is 19.8 Å². The van der Waals surface area contributed by atoms with E-state index in [4.69, 9.17) is 9.05 Å². The number of phosphoric ester groups is 1. The number of hydrogen-bond acceptors (Lipinski definition) is 5. The van der Waals surface area contributed by atoms with Crippen LogP contribution in [0, 0.1) is 0 Å². The Kier molecular flexibility index (Phi) is 50.1. The Morgan fingerprint density at radius 3 is 1.13 bits per heavy atom. The molecule has 3 unspecified atom stereocenters. The Morgan fingerprint density at radius 1 is 0.485 bits per heavy atom. The number of hydrogen-bond donors (Lipinski definition) is 3. The summed E-state index contributed by atoms with van der Waals surface area (Å²) >= 11 is 0. The molecule has 0 rings (SSSR count). The molecule has 0 aliphatic carbocycles. The van der Waals surface area contributed by atoms with E-state index in [-0.39, 0.29) is 19.1 Å². The summed E-state index contributed by atoms with van der Waals surface area (Å²) in [6.07, 6.45) is 64.3. The highest BCUT2D eigenvalue weighted by molar-refractivity contribution is 7.47. The second-order valence-electron chi connectivity index (χ2n) is 21.7. The average molecular weight is 983 g/mol. The van der Waals surface area contributed by atoms with Gasteiger partial charge in [-0.3, -0.25) is 13.8 Å². The Balaban J connectivity index is 4.13. The maximum atomic E-state index is 13.0. The number of rotatable bonds is 55. The minimum absolute atomic E-state index is 0.0623. The lowest BCUT2D eigenvalue weighted by molar-refractivity contribution is -0.870. The third kappa shape index (κ3) is 52.8.